The Morgan fingerprint density at radius 1 is 1.00 bits per heavy atom. The van der Waals surface area contributed by atoms with Gasteiger partial charge in [0.1, 0.15) is 5.75 Å². The number of rotatable bonds is 0. The molecule has 0 N–H and O–H groups in total. The first-order valence-electron chi connectivity index (χ1n) is 7.39. The summed E-state index contributed by atoms with van der Waals surface area (Å²) < 4.78 is 18.4. The Bertz CT molecular complexity index is 508. The molecule has 1 aromatic rings. The van der Waals surface area contributed by atoms with Gasteiger partial charge in [-0.15, -0.1) is 0 Å². The van der Waals surface area contributed by atoms with Crippen LogP contribution in [0.25, 0.3) is 0 Å². The summed E-state index contributed by atoms with van der Waals surface area (Å²) in [6.45, 7) is 0.686. The molecule has 3 fully saturated rings. The Morgan fingerprint density at radius 3 is 2.53 bits per heavy atom. The lowest BCUT2D eigenvalue weighted by Crippen LogP contribution is -2.40. The lowest BCUT2D eigenvalue weighted by Gasteiger charge is -2.36. The molecule has 5 rings (SSSR count). The first kappa shape index (κ1) is 10.7. The van der Waals surface area contributed by atoms with Crippen molar-refractivity contribution in [3.05, 3.63) is 29.8 Å². The second-order valence-electron chi connectivity index (χ2n) is 6.44. The van der Waals surface area contributed by atoms with Crippen molar-refractivity contribution >= 4 is 0 Å². The highest BCUT2D eigenvalue weighted by Crippen LogP contribution is 2.57. The molecule has 100 valence electrons. The fraction of sp³-hybridized carbons (Fsp3) is 0.625. The third-order valence-electron chi connectivity index (χ3n) is 5.44. The van der Waals surface area contributed by atoms with Gasteiger partial charge in [-0.05, 0) is 30.7 Å². The fourth-order valence-electron chi connectivity index (χ4n) is 4.60. The molecule has 0 radical (unpaired) electrons. The van der Waals surface area contributed by atoms with Gasteiger partial charge in [0.2, 0.25) is 5.79 Å². The number of benzene rings is 1. The summed E-state index contributed by atoms with van der Waals surface area (Å²) in [5.41, 5.74) is 1.17. The van der Waals surface area contributed by atoms with E-state index >= 15 is 0 Å². The Hall–Kier alpha value is -1.06. The molecule has 0 amide bonds. The van der Waals surface area contributed by atoms with E-state index in [1.165, 1.54) is 18.4 Å². The molecule has 3 aliphatic heterocycles. The minimum absolute atomic E-state index is 0.367. The van der Waals surface area contributed by atoms with Gasteiger partial charge >= 0.3 is 0 Å². The highest BCUT2D eigenvalue weighted by molar-refractivity contribution is 5.34. The maximum atomic E-state index is 6.26. The lowest BCUT2D eigenvalue weighted by molar-refractivity contribution is -0.208. The molecule has 1 spiro atoms. The molecular weight excluding hydrogens is 240 g/mol. The molecule has 4 atom stereocenters. The number of ether oxygens (including phenoxy) is 3. The van der Waals surface area contributed by atoms with Crippen molar-refractivity contribution in [3.63, 3.8) is 0 Å². The van der Waals surface area contributed by atoms with Crippen molar-refractivity contribution in [2.45, 2.75) is 50.3 Å². The molecule has 1 aromatic carbocycles. The zero-order valence-electron chi connectivity index (χ0n) is 10.9. The van der Waals surface area contributed by atoms with Crippen LogP contribution in [-0.4, -0.2) is 18.0 Å². The average molecular weight is 258 g/mol. The number of fused-ring (bicyclic) bond motifs is 6. The Balaban J connectivity index is 1.46. The van der Waals surface area contributed by atoms with Gasteiger partial charge in [0.25, 0.3) is 0 Å². The molecule has 1 saturated carbocycles. The van der Waals surface area contributed by atoms with E-state index in [9.17, 15) is 0 Å². The van der Waals surface area contributed by atoms with Crippen LogP contribution in [0.4, 0.5) is 0 Å². The van der Waals surface area contributed by atoms with Crippen LogP contribution in [-0.2, 0) is 16.1 Å². The highest BCUT2D eigenvalue weighted by Gasteiger charge is 2.60. The summed E-state index contributed by atoms with van der Waals surface area (Å²) >= 11 is 0. The monoisotopic (exact) mass is 258 g/mol. The van der Waals surface area contributed by atoms with Crippen molar-refractivity contribution < 1.29 is 14.2 Å². The van der Waals surface area contributed by atoms with Crippen LogP contribution in [0.2, 0.25) is 0 Å². The molecule has 2 bridgehead atoms. The van der Waals surface area contributed by atoms with Crippen LogP contribution in [0.5, 0.6) is 5.75 Å². The smallest absolute Gasteiger partial charge is 0.211 e. The summed E-state index contributed by atoms with van der Waals surface area (Å²) in [5.74, 6) is 1.96. The maximum absolute atomic E-state index is 6.26. The van der Waals surface area contributed by atoms with Gasteiger partial charge in [-0.25, -0.2) is 0 Å². The summed E-state index contributed by atoms with van der Waals surface area (Å²) in [6.07, 6.45) is 5.43. The zero-order chi connectivity index (χ0) is 12.4. The molecule has 3 heterocycles. The summed E-state index contributed by atoms with van der Waals surface area (Å²) in [6, 6.07) is 8.24. The van der Waals surface area contributed by atoms with E-state index in [2.05, 4.69) is 12.1 Å². The van der Waals surface area contributed by atoms with Gasteiger partial charge in [-0.1, -0.05) is 18.2 Å². The first-order chi connectivity index (χ1) is 9.33. The van der Waals surface area contributed by atoms with Crippen LogP contribution in [0.3, 0.4) is 0 Å². The van der Waals surface area contributed by atoms with Gasteiger partial charge in [-0.2, -0.15) is 0 Å². The molecule has 4 unspecified atom stereocenters. The van der Waals surface area contributed by atoms with Gasteiger partial charge < -0.3 is 14.2 Å². The minimum Gasteiger partial charge on any atom is -0.462 e. The number of hydrogen-bond acceptors (Lipinski definition) is 3. The summed E-state index contributed by atoms with van der Waals surface area (Å²) in [5, 5.41) is 0. The zero-order valence-corrected chi connectivity index (χ0v) is 10.9. The van der Waals surface area contributed by atoms with E-state index < -0.39 is 0 Å². The quantitative estimate of drug-likeness (QED) is 0.716. The van der Waals surface area contributed by atoms with Crippen molar-refractivity contribution in [1.29, 1.82) is 0 Å². The van der Waals surface area contributed by atoms with Gasteiger partial charge in [0.05, 0.1) is 18.8 Å². The van der Waals surface area contributed by atoms with E-state index in [1.54, 1.807) is 0 Å². The van der Waals surface area contributed by atoms with Crippen LogP contribution in [0.15, 0.2) is 24.3 Å². The molecular formula is C16H18O3. The van der Waals surface area contributed by atoms with Crippen LogP contribution in [0, 0.1) is 11.8 Å². The molecule has 3 heteroatoms. The molecule has 19 heavy (non-hydrogen) atoms. The SMILES string of the molecule is c1ccc2c(c1)COC1(CC3C4CCC(O4)C3C1)O2. The predicted molar refractivity (Wildman–Crippen MR) is 68.7 cm³/mol. The predicted octanol–water partition coefficient (Wildman–Crippen LogP) is 2.88. The maximum Gasteiger partial charge on any atom is 0.211 e. The van der Waals surface area contributed by atoms with E-state index in [4.69, 9.17) is 14.2 Å². The van der Waals surface area contributed by atoms with Crippen molar-refractivity contribution in [3.8, 4) is 5.75 Å². The van der Waals surface area contributed by atoms with Gasteiger partial charge in [-0.3, -0.25) is 0 Å². The van der Waals surface area contributed by atoms with Crippen molar-refractivity contribution in [2.24, 2.45) is 11.8 Å². The molecule has 0 aromatic heterocycles. The second kappa shape index (κ2) is 3.53. The van der Waals surface area contributed by atoms with E-state index in [1.807, 2.05) is 12.1 Å². The summed E-state index contributed by atoms with van der Waals surface area (Å²) in [7, 11) is 0. The Kier molecular flexibility index (Phi) is 1.98. The van der Waals surface area contributed by atoms with Crippen LogP contribution < -0.4 is 4.74 Å². The Morgan fingerprint density at radius 2 is 1.74 bits per heavy atom. The molecule has 2 saturated heterocycles. The fourth-order valence-corrected chi connectivity index (χ4v) is 4.60. The standard InChI is InChI=1S/C16H18O3/c1-2-4-13-10(3-1)9-17-16(19-13)7-11-12(8-16)15-6-5-14(11)18-15/h1-4,11-12,14-15H,5-9H2. The highest BCUT2D eigenvalue weighted by atomic mass is 16.7. The van der Waals surface area contributed by atoms with Crippen molar-refractivity contribution in [1.82, 2.24) is 0 Å². The van der Waals surface area contributed by atoms with E-state index in [0.717, 1.165) is 18.6 Å². The molecule has 3 nitrogen and oxygen atoms in total. The summed E-state index contributed by atoms with van der Waals surface area (Å²) in [4.78, 5) is 0. The Labute approximate surface area is 112 Å². The number of hydrogen-bond donors (Lipinski definition) is 0. The third-order valence-corrected chi connectivity index (χ3v) is 5.44. The van der Waals surface area contributed by atoms with E-state index in [-0.39, 0.29) is 5.79 Å². The first-order valence-corrected chi connectivity index (χ1v) is 7.39. The normalized spacial score (nSPS) is 46.1. The van der Waals surface area contributed by atoms with Crippen LogP contribution in [0.1, 0.15) is 31.2 Å². The second-order valence-corrected chi connectivity index (χ2v) is 6.44. The van der Waals surface area contributed by atoms with Gasteiger partial charge in [0, 0.05) is 18.4 Å². The lowest BCUT2D eigenvalue weighted by atomic mass is 9.82. The largest absolute Gasteiger partial charge is 0.462 e. The third kappa shape index (κ3) is 1.40. The molecule has 1 aliphatic carbocycles. The average Bonchev–Trinajstić information content (AvgIpc) is 3.10. The van der Waals surface area contributed by atoms with Gasteiger partial charge in [0.15, 0.2) is 0 Å². The number of para-hydroxylation sites is 1. The van der Waals surface area contributed by atoms with Crippen LogP contribution >= 0.6 is 0 Å². The van der Waals surface area contributed by atoms with E-state index in [0.29, 0.717) is 30.7 Å². The minimum atomic E-state index is -0.367. The van der Waals surface area contributed by atoms with Crippen molar-refractivity contribution in [2.75, 3.05) is 0 Å². The molecule has 4 aliphatic rings. The topological polar surface area (TPSA) is 27.7 Å².